The zero-order chi connectivity index (χ0) is 20.6. The molecule has 8 heteroatoms. The van der Waals surface area contributed by atoms with Crippen molar-refractivity contribution < 1.29 is 18.8 Å². The monoisotopic (exact) mass is 413 g/mol. The van der Waals surface area contributed by atoms with Crippen molar-refractivity contribution in [3.63, 3.8) is 0 Å². The van der Waals surface area contributed by atoms with Crippen LogP contribution in [0.4, 0.5) is 0 Å². The topological polar surface area (TPSA) is 94.3 Å². The van der Waals surface area contributed by atoms with Crippen LogP contribution in [0.3, 0.4) is 0 Å². The van der Waals surface area contributed by atoms with Gasteiger partial charge < -0.3 is 14.6 Å². The van der Waals surface area contributed by atoms with E-state index in [9.17, 15) is 9.59 Å². The standard InChI is InChI=1S/C21H20ClN3O4/c1-14-24-20(29-25-14)3-2-12-23-19(26)13-28-18-10-6-16(7-11-18)21(27)15-4-8-17(22)9-5-15/h4-11H,2-3,12-13H2,1H3,(H,23,26). The third-order valence-corrected chi connectivity index (χ3v) is 4.30. The first-order valence-corrected chi connectivity index (χ1v) is 9.48. The third-order valence-electron chi connectivity index (χ3n) is 4.05. The van der Waals surface area contributed by atoms with E-state index in [0.717, 1.165) is 0 Å². The molecule has 3 aromatic rings. The van der Waals surface area contributed by atoms with Gasteiger partial charge in [-0.2, -0.15) is 4.98 Å². The summed E-state index contributed by atoms with van der Waals surface area (Å²) in [6.45, 7) is 2.13. The molecule has 0 unspecified atom stereocenters. The van der Waals surface area contributed by atoms with Gasteiger partial charge >= 0.3 is 0 Å². The van der Waals surface area contributed by atoms with Gasteiger partial charge in [0.25, 0.3) is 5.91 Å². The van der Waals surface area contributed by atoms with Crippen LogP contribution in [0.5, 0.6) is 5.75 Å². The van der Waals surface area contributed by atoms with E-state index in [-0.39, 0.29) is 18.3 Å². The first-order chi connectivity index (χ1) is 14.0. The Morgan fingerprint density at radius 1 is 1.07 bits per heavy atom. The summed E-state index contributed by atoms with van der Waals surface area (Å²) in [6.07, 6.45) is 1.29. The van der Waals surface area contributed by atoms with Gasteiger partial charge in [-0.15, -0.1) is 0 Å². The number of aryl methyl sites for hydroxylation is 2. The molecule has 0 saturated heterocycles. The normalized spacial score (nSPS) is 10.6. The van der Waals surface area contributed by atoms with Crippen molar-refractivity contribution in [2.24, 2.45) is 0 Å². The van der Waals surface area contributed by atoms with Crippen LogP contribution in [-0.4, -0.2) is 35.0 Å². The van der Waals surface area contributed by atoms with Crippen LogP contribution in [0, 0.1) is 6.92 Å². The van der Waals surface area contributed by atoms with Crippen molar-refractivity contribution in [1.29, 1.82) is 0 Å². The lowest BCUT2D eigenvalue weighted by Gasteiger charge is -2.08. The minimum Gasteiger partial charge on any atom is -0.484 e. The molecule has 0 atom stereocenters. The third kappa shape index (κ3) is 6.15. The first kappa shape index (κ1) is 20.5. The first-order valence-electron chi connectivity index (χ1n) is 9.10. The van der Waals surface area contributed by atoms with Gasteiger partial charge in [0, 0.05) is 29.1 Å². The van der Waals surface area contributed by atoms with Crippen molar-refractivity contribution in [3.05, 3.63) is 76.4 Å². The summed E-state index contributed by atoms with van der Waals surface area (Å²) in [5.41, 5.74) is 1.08. The Morgan fingerprint density at radius 3 is 2.34 bits per heavy atom. The molecule has 0 bridgehead atoms. The highest BCUT2D eigenvalue weighted by molar-refractivity contribution is 6.30. The number of nitrogens with one attached hydrogen (secondary N) is 1. The van der Waals surface area contributed by atoms with E-state index in [1.54, 1.807) is 55.5 Å². The lowest BCUT2D eigenvalue weighted by molar-refractivity contribution is -0.123. The molecule has 1 amide bonds. The number of hydrogen-bond acceptors (Lipinski definition) is 6. The number of nitrogens with zero attached hydrogens (tertiary/aromatic N) is 2. The Morgan fingerprint density at radius 2 is 1.72 bits per heavy atom. The number of carbonyl (C=O) groups is 2. The van der Waals surface area contributed by atoms with Crippen LogP contribution in [0.1, 0.15) is 34.1 Å². The number of aromatic nitrogens is 2. The summed E-state index contributed by atoms with van der Waals surface area (Å²) in [7, 11) is 0. The minimum atomic E-state index is -0.229. The number of carbonyl (C=O) groups excluding carboxylic acids is 2. The summed E-state index contributed by atoms with van der Waals surface area (Å²) < 4.78 is 10.5. The van der Waals surface area contributed by atoms with E-state index in [4.69, 9.17) is 20.9 Å². The molecule has 1 heterocycles. The fourth-order valence-corrected chi connectivity index (χ4v) is 2.71. The van der Waals surface area contributed by atoms with Crippen molar-refractivity contribution in [2.45, 2.75) is 19.8 Å². The second-order valence-corrected chi connectivity index (χ2v) is 6.77. The van der Waals surface area contributed by atoms with Gasteiger partial charge in [-0.05, 0) is 61.9 Å². The molecule has 0 saturated carbocycles. The van der Waals surface area contributed by atoms with E-state index >= 15 is 0 Å². The highest BCUT2D eigenvalue weighted by atomic mass is 35.5. The molecule has 2 aromatic carbocycles. The Kier molecular flexibility index (Phi) is 6.97. The van der Waals surface area contributed by atoms with E-state index in [2.05, 4.69) is 15.5 Å². The maximum atomic E-state index is 12.4. The molecule has 3 rings (SSSR count). The van der Waals surface area contributed by atoms with Gasteiger partial charge in [0.15, 0.2) is 18.2 Å². The zero-order valence-corrected chi connectivity index (χ0v) is 16.6. The van der Waals surface area contributed by atoms with Gasteiger partial charge in [0.2, 0.25) is 5.89 Å². The van der Waals surface area contributed by atoms with Crippen molar-refractivity contribution in [2.75, 3.05) is 13.2 Å². The fourth-order valence-electron chi connectivity index (χ4n) is 2.58. The predicted molar refractivity (Wildman–Crippen MR) is 107 cm³/mol. The summed E-state index contributed by atoms with van der Waals surface area (Å²) in [5.74, 6) is 1.32. The summed E-state index contributed by atoms with van der Waals surface area (Å²) >= 11 is 5.84. The van der Waals surface area contributed by atoms with Crippen LogP contribution in [-0.2, 0) is 11.2 Å². The van der Waals surface area contributed by atoms with Crippen molar-refractivity contribution in [3.8, 4) is 5.75 Å². The Labute approximate surface area is 173 Å². The molecular formula is C21H20ClN3O4. The predicted octanol–water partition coefficient (Wildman–Crippen LogP) is 3.39. The average Bonchev–Trinajstić information content (AvgIpc) is 3.15. The lowest BCUT2D eigenvalue weighted by Crippen LogP contribution is -2.29. The molecule has 0 spiro atoms. The molecule has 0 fully saturated rings. The highest BCUT2D eigenvalue weighted by Crippen LogP contribution is 2.17. The van der Waals surface area contributed by atoms with E-state index in [1.165, 1.54) is 0 Å². The molecule has 0 radical (unpaired) electrons. The molecule has 7 nitrogen and oxygen atoms in total. The Hall–Kier alpha value is -3.19. The van der Waals surface area contributed by atoms with Gasteiger partial charge in [0.1, 0.15) is 5.75 Å². The van der Waals surface area contributed by atoms with E-state index in [1.807, 2.05) is 0 Å². The Balaban J connectivity index is 1.40. The van der Waals surface area contributed by atoms with Gasteiger partial charge in [-0.1, -0.05) is 16.8 Å². The fraction of sp³-hybridized carbons (Fsp3) is 0.238. The van der Waals surface area contributed by atoms with Crippen molar-refractivity contribution in [1.82, 2.24) is 15.5 Å². The second-order valence-electron chi connectivity index (χ2n) is 6.34. The smallest absolute Gasteiger partial charge is 0.257 e. The minimum absolute atomic E-state index is 0.107. The molecular weight excluding hydrogens is 394 g/mol. The maximum Gasteiger partial charge on any atom is 0.257 e. The number of ether oxygens (including phenoxy) is 1. The van der Waals surface area contributed by atoms with Crippen LogP contribution < -0.4 is 10.1 Å². The largest absolute Gasteiger partial charge is 0.484 e. The number of hydrogen-bond donors (Lipinski definition) is 1. The van der Waals surface area contributed by atoms with Gasteiger partial charge in [0.05, 0.1) is 0 Å². The summed E-state index contributed by atoms with van der Waals surface area (Å²) in [6, 6.07) is 13.4. The number of benzene rings is 2. The van der Waals surface area contributed by atoms with Crippen LogP contribution in [0.2, 0.25) is 5.02 Å². The molecule has 0 aliphatic carbocycles. The number of ketones is 1. The van der Waals surface area contributed by atoms with Crippen LogP contribution in [0.25, 0.3) is 0 Å². The lowest BCUT2D eigenvalue weighted by atomic mass is 10.0. The highest BCUT2D eigenvalue weighted by Gasteiger charge is 2.10. The van der Waals surface area contributed by atoms with E-state index in [0.29, 0.717) is 53.0 Å². The average molecular weight is 414 g/mol. The molecule has 0 aliphatic heterocycles. The Bertz CT molecular complexity index is 968. The number of amides is 1. The van der Waals surface area contributed by atoms with Gasteiger partial charge in [-0.25, -0.2) is 0 Å². The maximum absolute atomic E-state index is 12.4. The van der Waals surface area contributed by atoms with Crippen LogP contribution >= 0.6 is 11.6 Å². The SMILES string of the molecule is Cc1noc(CCCNC(=O)COc2ccc(C(=O)c3ccc(Cl)cc3)cc2)n1. The molecule has 0 aliphatic rings. The zero-order valence-electron chi connectivity index (χ0n) is 15.9. The quantitative estimate of drug-likeness (QED) is 0.427. The van der Waals surface area contributed by atoms with Gasteiger partial charge in [-0.3, -0.25) is 9.59 Å². The summed E-state index contributed by atoms with van der Waals surface area (Å²) in [4.78, 5) is 28.4. The second kappa shape index (κ2) is 9.84. The number of rotatable bonds is 9. The number of halogens is 1. The summed E-state index contributed by atoms with van der Waals surface area (Å²) in [5, 5.41) is 7.06. The molecule has 1 aromatic heterocycles. The molecule has 1 N–H and O–H groups in total. The van der Waals surface area contributed by atoms with Crippen LogP contribution in [0.15, 0.2) is 53.1 Å². The van der Waals surface area contributed by atoms with Crippen molar-refractivity contribution >= 4 is 23.3 Å². The molecule has 150 valence electrons. The van der Waals surface area contributed by atoms with E-state index < -0.39 is 0 Å². The molecule has 29 heavy (non-hydrogen) atoms.